The lowest BCUT2D eigenvalue weighted by Crippen LogP contribution is -2.55. The van der Waals surface area contributed by atoms with Gasteiger partial charge in [0, 0.05) is 5.92 Å². The maximum absolute atomic E-state index is 14.2. The van der Waals surface area contributed by atoms with Crippen molar-refractivity contribution in [2.24, 2.45) is 0 Å². The molecular weight excluding hydrogens is 486 g/mol. The van der Waals surface area contributed by atoms with Crippen molar-refractivity contribution in [1.29, 1.82) is 0 Å². The van der Waals surface area contributed by atoms with Gasteiger partial charge >= 0.3 is 12.4 Å². The van der Waals surface area contributed by atoms with Crippen LogP contribution in [0.4, 0.5) is 26.3 Å². The third kappa shape index (κ3) is 5.15. The van der Waals surface area contributed by atoms with E-state index in [1.54, 1.807) is 0 Å². The van der Waals surface area contributed by atoms with E-state index in [9.17, 15) is 26.3 Å². The summed E-state index contributed by atoms with van der Waals surface area (Å²) >= 11 is 0. The van der Waals surface area contributed by atoms with Gasteiger partial charge in [0.1, 0.15) is 0 Å². The standard InChI is InChI=1S/C31H26F6/c1-2-28(24-9-5-3-6-10-24)25-17-13-22(14-18-25)21-23-15-19-27(20-16-23)29(30(32,33)34,31(35,36)37)26-11-7-4-8-12-26/h2-3,5-7,9-20,28H,1,4,8,21H2. The third-order valence-electron chi connectivity index (χ3n) is 6.81. The van der Waals surface area contributed by atoms with E-state index in [0.29, 0.717) is 18.4 Å². The third-order valence-corrected chi connectivity index (χ3v) is 6.81. The molecule has 0 nitrogen and oxygen atoms in total. The van der Waals surface area contributed by atoms with E-state index in [1.807, 2.05) is 60.7 Å². The quantitative estimate of drug-likeness (QED) is 0.219. The van der Waals surface area contributed by atoms with Crippen LogP contribution in [0.2, 0.25) is 0 Å². The predicted octanol–water partition coefficient (Wildman–Crippen LogP) is 9.23. The van der Waals surface area contributed by atoms with Crippen LogP contribution >= 0.6 is 0 Å². The van der Waals surface area contributed by atoms with E-state index in [-0.39, 0.29) is 12.3 Å². The van der Waals surface area contributed by atoms with E-state index in [4.69, 9.17) is 0 Å². The second kappa shape index (κ2) is 10.4. The van der Waals surface area contributed by atoms with Gasteiger partial charge in [0.2, 0.25) is 5.41 Å². The lowest BCUT2D eigenvalue weighted by Gasteiger charge is -2.39. The van der Waals surface area contributed by atoms with Crippen LogP contribution in [-0.2, 0) is 11.8 Å². The zero-order valence-corrected chi connectivity index (χ0v) is 20.0. The lowest BCUT2D eigenvalue weighted by molar-refractivity contribution is -0.289. The van der Waals surface area contributed by atoms with Crippen molar-refractivity contribution >= 4 is 0 Å². The zero-order valence-electron chi connectivity index (χ0n) is 20.0. The molecule has 37 heavy (non-hydrogen) atoms. The topological polar surface area (TPSA) is 0 Å². The van der Waals surface area contributed by atoms with Gasteiger partial charge in [-0.25, -0.2) is 0 Å². The van der Waals surface area contributed by atoms with Crippen molar-refractivity contribution in [3.8, 4) is 0 Å². The lowest BCUT2D eigenvalue weighted by atomic mass is 9.71. The normalized spacial score (nSPS) is 15.2. The van der Waals surface area contributed by atoms with E-state index >= 15 is 0 Å². The molecule has 3 aromatic rings. The molecule has 0 saturated heterocycles. The SMILES string of the molecule is C=CC(c1ccccc1)c1ccc(Cc2ccc(C(C3=CCCC=C3)(C(F)(F)F)C(F)(F)F)cc2)cc1. The van der Waals surface area contributed by atoms with Crippen LogP contribution in [0.3, 0.4) is 0 Å². The fraction of sp³-hybridized carbons (Fsp3) is 0.226. The second-order valence-corrected chi connectivity index (χ2v) is 9.12. The zero-order chi connectivity index (χ0) is 26.7. The van der Waals surface area contributed by atoms with E-state index in [0.717, 1.165) is 41.0 Å². The van der Waals surface area contributed by atoms with E-state index in [1.165, 1.54) is 18.2 Å². The summed E-state index contributed by atoms with van der Waals surface area (Å²) in [6.45, 7) is 3.93. The molecule has 1 aliphatic rings. The summed E-state index contributed by atoms with van der Waals surface area (Å²) in [6, 6.07) is 22.2. The highest BCUT2D eigenvalue weighted by Crippen LogP contribution is 2.57. The van der Waals surface area contributed by atoms with Crippen LogP contribution in [0, 0.1) is 0 Å². The van der Waals surface area contributed by atoms with Crippen LogP contribution in [0.5, 0.6) is 0 Å². The van der Waals surface area contributed by atoms with Crippen LogP contribution in [-0.4, -0.2) is 12.4 Å². The molecule has 0 N–H and O–H groups in total. The van der Waals surface area contributed by atoms with Gasteiger partial charge in [0.25, 0.3) is 0 Å². The maximum atomic E-state index is 14.2. The van der Waals surface area contributed by atoms with Gasteiger partial charge in [-0.3, -0.25) is 0 Å². The molecule has 1 aliphatic carbocycles. The van der Waals surface area contributed by atoms with Gasteiger partial charge in [0.05, 0.1) is 0 Å². The highest BCUT2D eigenvalue weighted by molar-refractivity contribution is 5.48. The molecule has 0 bridgehead atoms. The Bertz CT molecular complexity index is 1250. The van der Waals surface area contributed by atoms with Gasteiger partial charge in [-0.05, 0) is 52.7 Å². The summed E-state index contributed by atoms with van der Waals surface area (Å²) in [5, 5.41) is 0. The average molecular weight is 513 g/mol. The highest BCUT2D eigenvalue weighted by atomic mass is 19.4. The van der Waals surface area contributed by atoms with Gasteiger partial charge in [-0.15, -0.1) is 6.58 Å². The van der Waals surface area contributed by atoms with E-state index < -0.39 is 28.9 Å². The molecule has 6 heteroatoms. The molecule has 0 radical (unpaired) electrons. The summed E-state index contributed by atoms with van der Waals surface area (Å²) in [4.78, 5) is 0. The first-order valence-electron chi connectivity index (χ1n) is 11.9. The molecule has 0 aliphatic heterocycles. The fourth-order valence-electron chi connectivity index (χ4n) is 4.95. The first-order chi connectivity index (χ1) is 17.6. The fourth-order valence-corrected chi connectivity index (χ4v) is 4.95. The van der Waals surface area contributed by atoms with Gasteiger partial charge in [-0.1, -0.05) is 103 Å². The first-order valence-corrected chi connectivity index (χ1v) is 11.9. The predicted molar refractivity (Wildman–Crippen MR) is 134 cm³/mol. The molecule has 1 atom stereocenters. The molecule has 0 spiro atoms. The number of allylic oxidation sites excluding steroid dienone is 5. The molecule has 3 aromatic carbocycles. The number of rotatable bonds is 7. The summed E-state index contributed by atoms with van der Waals surface area (Å²) in [6.07, 6.45) is -5.00. The molecular formula is C31H26F6. The number of hydrogen-bond acceptors (Lipinski definition) is 0. The Balaban J connectivity index is 1.61. The Morgan fingerprint density at radius 1 is 0.703 bits per heavy atom. The Labute approximate surface area is 212 Å². The molecule has 0 fully saturated rings. The number of halogens is 6. The van der Waals surface area contributed by atoms with Gasteiger partial charge in [-0.2, -0.15) is 26.3 Å². The molecule has 4 rings (SSSR count). The summed E-state index contributed by atoms with van der Waals surface area (Å²) in [7, 11) is 0. The summed E-state index contributed by atoms with van der Waals surface area (Å²) in [5.74, 6) is 0.00975. The monoisotopic (exact) mass is 512 g/mol. The molecule has 0 heterocycles. The van der Waals surface area contributed by atoms with Crippen molar-refractivity contribution in [3.05, 3.63) is 143 Å². The van der Waals surface area contributed by atoms with Crippen LogP contribution in [0.1, 0.15) is 46.6 Å². The molecule has 0 aromatic heterocycles. The molecule has 1 unspecified atom stereocenters. The molecule has 192 valence electrons. The van der Waals surface area contributed by atoms with Crippen LogP contribution in [0.15, 0.2) is 115 Å². The minimum Gasteiger partial charge on any atom is -0.169 e. The smallest absolute Gasteiger partial charge is 0.169 e. The van der Waals surface area contributed by atoms with Crippen molar-refractivity contribution in [2.75, 3.05) is 0 Å². The number of alkyl halides is 6. The Morgan fingerprint density at radius 3 is 1.73 bits per heavy atom. The largest absolute Gasteiger partial charge is 0.411 e. The summed E-state index contributed by atoms with van der Waals surface area (Å²) < 4.78 is 85.5. The maximum Gasteiger partial charge on any atom is 0.411 e. The molecule has 0 saturated carbocycles. The Kier molecular flexibility index (Phi) is 7.49. The van der Waals surface area contributed by atoms with Gasteiger partial charge in [0.15, 0.2) is 0 Å². The Morgan fingerprint density at radius 2 is 1.24 bits per heavy atom. The second-order valence-electron chi connectivity index (χ2n) is 9.12. The van der Waals surface area contributed by atoms with Crippen molar-refractivity contribution in [1.82, 2.24) is 0 Å². The number of hydrogen-bond donors (Lipinski definition) is 0. The highest BCUT2D eigenvalue weighted by Gasteiger charge is 2.72. The Hall–Kier alpha value is -3.54. The van der Waals surface area contributed by atoms with Crippen LogP contribution in [0.25, 0.3) is 0 Å². The average Bonchev–Trinajstić information content (AvgIpc) is 2.86. The number of benzene rings is 3. The van der Waals surface area contributed by atoms with Gasteiger partial charge < -0.3 is 0 Å². The van der Waals surface area contributed by atoms with E-state index in [2.05, 4.69) is 6.58 Å². The minimum atomic E-state index is -5.56. The van der Waals surface area contributed by atoms with Crippen LogP contribution < -0.4 is 0 Å². The van der Waals surface area contributed by atoms with Crippen molar-refractivity contribution in [3.63, 3.8) is 0 Å². The van der Waals surface area contributed by atoms with Crippen molar-refractivity contribution in [2.45, 2.75) is 42.9 Å². The molecule has 0 amide bonds. The summed E-state index contributed by atoms with van der Waals surface area (Å²) in [5.41, 5.74) is -2.04. The van der Waals surface area contributed by atoms with Crippen molar-refractivity contribution < 1.29 is 26.3 Å². The first kappa shape index (κ1) is 26.5. The minimum absolute atomic E-state index is 0.00975.